The maximum absolute atomic E-state index is 11.7. The maximum atomic E-state index is 11.7. The molecule has 1 aliphatic heterocycles. The van der Waals surface area contributed by atoms with Gasteiger partial charge in [-0.25, -0.2) is 4.99 Å². The Hall–Kier alpha value is -2.04. The number of rotatable bonds is 6. The lowest BCUT2D eigenvalue weighted by atomic mass is 10.1. The molecule has 0 radical (unpaired) electrons. The number of hydrogen-bond acceptors (Lipinski definition) is 2. The van der Waals surface area contributed by atoms with Crippen molar-refractivity contribution >= 4 is 11.9 Å². The molecular formula is C20H30N4O. The van der Waals surface area contributed by atoms with Gasteiger partial charge in [0.05, 0.1) is 6.54 Å². The highest BCUT2D eigenvalue weighted by atomic mass is 16.2. The molecular weight excluding hydrogens is 312 g/mol. The van der Waals surface area contributed by atoms with Gasteiger partial charge in [0.2, 0.25) is 5.91 Å². The number of carbonyl (C=O) groups excluding carboxylic acids is 1. The summed E-state index contributed by atoms with van der Waals surface area (Å²) in [5.74, 6) is 1.20. The lowest BCUT2D eigenvalue weighted by Crippen LogP contribution is -2.42. The Morgan fingerprint density at radius 1 is 1.16 bits per heavy atom. The van der Waals surface area contributed by atoms with Crippen LogP contribution in [0.1, 0.15) is 56.6 Å². The Morgan fingerprint density at radius 3 is 2.52 bits per heavy atom. The Morgan fingerprint density at radius 2 is 1.88 bits per heavy atom. The average molecular weight is 342 g/mol. The van der Waals surface area contributed by atoms with E-state index in [-0.39, 0.29) is 5.91 Å². The molecule has 0 atom stereocenters. The molecule has 1 aromatic rings. The Bertz CT molecular complexity index is 590. The van der Waals surface area contributed by atoms with E-state index in [0.29, 0.717) is 19.0 Å². The molecule has 0 spiro atoms. The van der Waals surface area contributed by atoms with Crippen LogP contribution in [0.4, 0.5) is 0 Å². The number of carbonyl (C=O) groups is 1. The molecule has 1 aromatic carbocycles. The van der Waals surface area contributed by atoms with Gasteiger partial charge in [0.1, 0.15) is 0 Å². The summed E-state index contributed by atoms with van der Waals surface area (Å²) < 4.78 is 0. The van der Waals surface area contributed by atoms with Crippen LogP contribution in [-0.4, -0.2) is 35.9 Å². The predicted octanol–water partition coefficient (Wildman–Crippen LogP) is 2.81. The van der Waals surface area contributed by atoms with E-state index in [1.165, 1.54) is 36.8 Å². The summed E-state index contributed by atoms with van der Waals surface area (Å²) in [5.41, 5.74) is 2.39. The standard InChI is InChI=1S/C20H30N4O/c1-2-21-20(23-18-6-3-4-7-18)22-14-16-9-11-17(12-10-16)15-24-13-5-8-19(24)25/h9-12,18H,2-8,13-15H2,1H3,(H2,21,22,23). The highest BCUT2D eigenvalue weighted by Crippen LogP contribution is 2.18. The van der Waals surface area contributed by atoms with Crippen LogP contribution >= 0.6 is 0 Å². The van der Waals surface area contributed by atoms with E-state index in [2.05, 4.69) is 41.8 Å². The topological polar surface area (TPSA) is 56.7 Å². The summed E-state index contributed by atoms with van der Waals surface area (Å²) >= 11 is 0. The maximum Gasteiger partial charge on any atom is 0.222 e. The van der Waals surface area contributed by atoms with Crippen molar-refractivity contribution < 1.29 is 4.79 Å². The van der Waals surface area contributed by atoms with E-state index >= 15 is 0 Å². The summed E-state index contributed by atoms with van der Waals surface area (Å²) in [6.07, 6.45) is 6.82. The van der Waals surface area contributed by atoms with Gasteiger partial charge in [-0.1, -0.05) is 37.1 Å². The molecule has 136 valence electrons. The number of hydrogen-bond donors (Lipinski definition) is 2. The molecule has 5 heteroatoms. The van der Waals surface area contributed by atoms with Gasteiger partial charge in [0.15, 0.2) is 5.96 Å². The van der Waals surface area contributed by atoms with Crippen molar-refractivity contribution in [2.45, 2.75) is 64.6 Å². The van der Waals surface area contributed by atoms with Gasteiger partial charge in [0.25, 0.3) is 0 Å². The molecule has 0 bridgehead atoms. The smallest absolute Gasteiger partial charge is 0.222 e. The first-order valence-electron chi connectivity index (χ1n) is 9.65. The summed E-state index contributed by atoms with van der Waals surface area (Å²) in [6.45, 7) is 5.27. The second-order valence-corrected chi connectivity index (χ2v) is 7.06. The third-order valence-corrected chi connectivity index (χ3v) is 5.03. The number of aliphatic imine (C=N–C) groups is 1. The van der Waals surface area contributed by atoms with Crippen LogP contribution in [0.25, 0.3) is 0 Å². The van der Waals surface area contributed by atoms with E-state index < -0.39 is 0 Å². The van der Waals surface area contributed by atoms with E-state index in [9.17, 15) is 4.79 Å². The van der Waals surface area contributed by atoms with Gasteiger partial charge in [-0.3, -0.25) is 4.79 Å². The van der Waals surface area contributed by atoms with Gasteiger partial charge >= 0.3 is 0 Å². The molecule has 2 N–H and O–H groups in total. The zero-order valence-electron chi connectivity index (χ0n) is 15.3. The van der Waals surface area contributed by atoms with Crippen molar-refractivity contribution in [2.24, 2.45) is 4.99 Å². The van der Waals surface area contributed by atoms with Crippen molar-refractivity contribution in [1.82, 2.24) is 15.5 Å². The molecule has 2 aliphatic rings. The van der Waals surface area contributed by atoms with Gasteiger partial charge in [-0.05, 0) is 37.3 Å². The molecule has 1 saturated heterocycles. The minimum Gasteiger partial charge on any atom is -0.357 e. The Labute approximate surface area is 150 Å². The minimum absolute atomic E-state index is 0.280. The second kappa shape index (κ2) is 8.88. The first-order valence-corrected chi connectivity index (χ1v) is 9.65. The van der Waals surface area contributed by atoms with Crippen molar-refractivity contribution in [3.63, 3.8) is 0 Å². The van der Waals surface area contributed by atoms with E-state index in [1.807, 2.05) is 4.90 Å². The van der Waals surface area contributed by atoms with Gasteiger partial charge < -0.3 is 15.5 Å². The fourth-order valence-corrected chi connectivity index (χ4v) is 3.60. The first-order chi connectivity index (χ1) is 12.2. The molecule has 3 rings (SSSR count). The summed E-state index contributed by atoms with van der Waals surface area (Å²) in [4.78, 5) is 18.4. The molecule has 1 amide bonds. The lowest BCUT2D eigenvalue weighted by molar-refractivity contribution is -0.128. The zero-order chi connectivity index (χ0) is 17.5. The summed E-state index contributed by atoms with van der Waals surface area (Å²) in [7, 11) is 0. The van der Waals surface area contributed by atoms with Crippen LogP contribution in [-0.2, 0) is 17.9 Å². The lowest BCUT2D eigenvalue weighted by Gasteiger charge is -2.17. The third-order valence-electron chi connectivity index (χ3n) is 5.03. The van der Waals surface area contributed by atoms with Crippen molar-refractivity contribution in [1.29, 1.82) is 0 Å². The molecule has 5 nitrogen and oxygen atoms in total. The van der Waals surface area contributed by atoms with Crippen molar-refractivity contribution in [2.75, 3.05) is 13.1 Å². The van der Waals surface area contributed by atoms with Crippen molar-refractivity contribution in [3.8, 4) is 0 Å². The number of benzene rings is 1. The Balaban J connectivity index is 1.54. The molecule has 0 aromatic heterocycles. The van der Waals surface area contributed by atoms with E-state index in [1.54, 1.807) is 0 Å². The largest absolute Gasteiger partial charge is 0.357 e. The van der Waals surface area contributed by atoms with Gasteiger partial charge in [0, 0.05) is 32.1 Å². The minimum atomic E-state index is 0.280. The van der Waals surface area contributed by atoms with Crippen LogP contribution in [0.15, 0.2) is 29.3 Å². The average Bonchev–Trinajstić information content (AvgIpc) is 3.27. The fraction of sp³-hybridized carbons (Fsp3) is 0.600. The molecule has 0 unspecified atom stereocenters. The molecule has 1 saturated carbocycles. The Kier molecular flexibility index (Phi) is 6.31. The summed E-state index contributed by atoms with van der Waals surface area (Å²) in [6, 6.07) is 9.05. The SMILES string of the molecule is CCNC(=NCc1ccc(CN2CCCC2=O)cc1)NC1CCCC1. The molecule has 1 heterocycles. The summed E-state index contributed by atoms with van der Waals surface area (Å²) in [5, 5.41) is 6.89. The zero-order valence-corrected chi connectivity index (χ0v) is 15.3. The van der Waals surface area contributed by atoms with Crippen LogP contribution < -0.4 is 10.6 Å². The quantitative estimate of drug-likeness (QED) is 0.617. The monoisotopic (exact) mass is 342 g/mol. The number of nitrogens with zero attached hydrogens (tertiary/aromatic N) is 2. The van der Waals surface area contributed by atoms with Crippen molar-refractivity contribution in [3.05, 3.63) is 35.4 Å². The van der Waals surface area contributed by atoms with Gasteiger partial charge in [-0.15, -0.1) is 0 Å². The number of nitrogens with one attached hydrogen (secondary N) is 2. The van der Waals surface area contributed by atoms with E-state index in [4.69, 9.17) is 4.99 Å². The number of likely N-dealkylation sites (tertiary alicyclic amines) is 1. The third kappa shape index (κ3) is 5.21. The predicted molar refractivity (Wildman–Crippen MR) is 101 cm³/mol. The normalized spacial score (nSPS) is 18.8. The molecule has 25 heavy (non-hydrogen) atoms. The van der Waals surface area contributed by atoms with Crippen LogP contribution in [0, 0.1) is 0 Å². The van der Waals surface area contributed by atoms with Crippen LogP contribution in [0.5, 0.6) is 0 Å². The van der Waals surface area contributed by atoms with Crippen LogP contribution in [0.3, 0.4) is 0 Å². The van der Waals surface area contributed by atoms with Crippen LogP contribution in [0.2, 0.25) is 0 Å². The number of amides is 1. The molecule has 1 aliphatic carbocycles. The molecule has 2 fully saturated rings. The second-order valence-electron chi connectivity index (χ2n) is 7.06. The highest BCUT2D eigenvalue weighted by Gasteiger charge is 2.19. The highest BCUT2D eigenvalue weighted by molar-refractivity contribution is 5.80. The first kappa shape index (κ1) is 17.8. The fourth-order valence-electron chi connectivity index (χ4n) is 3.60. The number of guanidine groups is 1. The van der Waals surface area contributed by atoms with Gasteiger partial charge in [-0.2, -0.15) is 0 Å². The van der Waals surface area contributed by atoms with E-state index in [0.717, 1.165) is 32.0 Å².